The van der Waals surface area contributed by atoms with E-state index in [0.29, 0.717) is 5.69 Å². The minimum atomic E-state index is -0.187. The molecule has 0 atom stereocenters. The molecule has 0 aliphatic heterocycles. The molecule has 0 radical (unpaired) electrons. The third kappa shape index (κ3) is 2.30. The first-order valence-electron chi connectivity index (χ1n) is 4.63. The number of carbonyl (C=O) groups excluding carboxylic acids is 1. The SMILES string of the molecule is CC(=O)c1ncc(-c2cccc(Br)c2)nn1. The van der Waals surface area contributed by atoms with Gasteiger partial charge in [-0.2, -0.15) is 0 Å². The molecule has 0 spiro atoms. The van der Waals surface area contributed by atoms with E-state index in [1.807, 2.05) is 24.3 Å². The molecule has 0 saturated heterocycles. The van der Waals surface area contributed by atoms with Crippen LogP contribution in [0.2, 0.25) is 0 Å². The Labute approximate surface area is 101 Å². The molecule has 0 saturated carbocycles. The average Bonchev–Trinajstić information content (AvgIpc) is 2.29. The first-order valence-corrected chi connectivity index (χ1v) is 5.43. The van der Waals surface area contributed by atoms with E-state index in [0.717, 1.165) is 10.0 Å². The number of halogens is 1. The molecule has 1 heterocycles. The summed E-state index contributed by atoms with van der Waals surface area (Å²) < 4.78 is 0.961. The van der Waals surface area contributed by atoms with Crippen molar-refractivity contribution >= 4 is 21.7 Å². The molecular weight excluding hydrogens is 270 g/mol. The fourth-order valence-corrected chi connectivity index (χ4v) is 1.62. The van der Waals surface area contributed by atoms with Crippen LogP contribution < -0.4 is 0 Å². The van der Waals surface area contributed by atoms with Crippen molar-refractivity contribution in [2.24, 2.45) is 0 Å². The summed E-state index contributed by atoms with van der Waals surface area (Å²) in [6, 6.07) is 7.65. The Hall–Kier alpha value is -1.62. The molecule has 80 valence electrons. The maximum atomic E-state index is 11.0. The normalized spacial score (nSPS) is 10.1. The van der Waals surface area contributed by atoms with E-state index in [2.05, 4.69) is 31.1 Å². The topological polar surface area (TPSA) is 55.7 Å². The van der Waals surface area contributed by atoms with E-state index in [-0.39, 0.29) is 11.6 Å². The van der Waals surface area contributed by atoms with E-state index in [9.17, 15) is 4.79 Å². The van der Waals surface area contributed by atoms with Gasteiger partial charge in [0.2, 0.25) is 5.82 Å². The molecule has 0 amide bonds. The summed E-state index contributed by atoms with van der Waals surface area (Å²) in [6.07, 6.45) is 1.55. The molecule has 0 aliphatic carbocycles. The molecule has 2 aromatic rings. The molecule has 1 aromatic carbocycles. The van der Waals surface area contributed by atoms with Gasteiger partial charge in [-0.25, -0.2) is 4.98 Å². The highest BCUT2D eigenvalue weighted by atomic mass is 79.9. The first-order chi connectivity index (χ1) is 7.66. The third-order valence-corrected chi connectivity index (χ3v) is 2.49. The molecule has 1 aromatic heterocycles. The molecule has 5 heteroatoms. The lowest BCUT2D eigenvalue weighted by molar-refractivity contribution is 0.100. The molecule has 4 nitrogen and oxygen atoms in total. The van der Waals surface area contributed by atoms with E-state index < -0.39 is 0 Å². The van der Waals surface area contributed by atoms with Crippen molar-refractivity contribution in [2.75, 3.05) is 0 Å². The quantitative estimate of drug-likeness (QED) is 0.792. The Bertz CT molecular complexity index is 525. The van der Waals surface area contributed by atoms with Gasteiger partial charge in [0.15, 0.2) is 5.78 Å². The monoisotopic (exact) mass is 277 g/mol. The molecule has 16 heavy (non-hydrogen) atoms. The second-order valence-electron chi connectivity index (χ2n) is 3.23. The number of benzene rings is 1. The van der Waals surface area contributed by atoms with E-state index >= 15 is 0 Å². The van der Waals surface area contributed by atoms with Gasteiger partial charge in [0.25, 0.3) is 0 Å². The van der Waals surface area contributed by atoms with Crippen LogP contribution in [0.4, 0.5) is 0 Å². The molecule has 2 rings (SSSR count). The van der Waals surface area contributed by atoms with Crippen LogP contribution >= 0.6 is 15.9 Å². The number of carbonyl (C=O) groups is 1. The van der Waals surface area contributed by atoms with Crippen molar-refractivity contribution in [3.8, 4) is 11.3 Å². The lowest BCUT2D eigenvalue weighted by Gasteiger charge is -2.00. The number of hydrogen-bond donors (Lipinski definition) is 0. The van der Waals surface area contributed by atoms with Gasteiger partial charge in [-0.15, -0.1) is 10.2 Å². The Morgan fingerprint density at radius 1 is 1.31 bits per heavy atom. The minimum absolute atomic E-state index is 0.138. The highest BCUT2D eigenvalue weighted by Crippen LogP contribution is 2.19. The standard InChI is InChI=1S/C11H8BrN3O/c1-7(16)11-13-6-10(14-15-11)8-3-2-4-9(12)5-8/h2-6H,1H3. The largest absolute Gasteiger partial charge is 0.291 e. The summed E-state index contributed by atoms with van der Waals surface area (Å²) in [7, 11) is 0. The van der Waals surface area contributed by atoms with Crippen LogP contribution in [-0.4, -0.2) is 21.0 Å². The zero-order valence-electron chi connectivity index (χ0n) is 8.51. The van der Waals surface area contributed by atoms with Crippen molar-refractivity contribution < 1.29 is 4.79 Å². The lowest BCUT2D eigenvalue weighted by Crippen LogP contribution is -2.03. The number of Topliss-reactive ketones (excluding diaryl/α,β-unsaturated/α-hetero) is 1. The highest BCUT2D eigenvalue weighted by molar-refractivity contribution is 9.10. The van der Waals surface area contributed by atoms with Crippen molar-refractivity contribution in [1.82, 2.24) is 15.2 Å². The summed E-state index contributed by atoms with van der Waals surface area (Å²) in [5.41, 5.74) is 1.55. The van der Waals surface area contributed by atoms with Gasteiger partial charge >= 0.3 is 0 Å². The summed E-state index contributed by atoms with van der Waals surface area (Å²) in [4.78, 5) is 14.9. The molecular formula is C11H8BrN3O. The predicted octanol–water partition coefficient (Wildman–Crippen LogP) is 2.50. The van der Waals surface area contributed by atoms with Crippen molar-refractivity contribution in [3.05, 3.63) is 40.8 Å². The fraction of sp³-hybridized carbons (Fsp3) is 0.0909. The average molecular weight is 278 g/mol. The smallest absolute Gasteiger partial charge is 0.217 e. The second-order valence-corrected chi connectivity index (χ2v) is 4.15. The van der Waals surface area contributed by atoms with Crippen LogP contribution in [0.15, 0.2) is 34.9 Å². The van der Waals surface area contributed by atoms with Gasteiger partial charge in [0.1, 0.15) is 5.69 Å². The molecule has 0 unspecified atom stereocenters. The summed E-state index contributed by atoms with van der Waals surface area (Å²) in [5, 5.41) is 7.72. The Morgan fingerprint density at radius 3 is 2.69 bits per heavy atom. The summed E-state index contributed by atoms with van der Waals surface area (Å²) in [6.45, 7) is 1.41. The number of aromatic nitrogens is 3. The number of rotatable bonds is 2. The van der Waals surface area contributed by atoms with E-state index in [4.69, 9.17) is 0 Å². The second kappa shape index (κ2) is 4.49. The minimum Gasteiger partial charge on any atom is -0.291 e. The maximum absolute atomic E-state index is 11.0. The fourth-order valence-electron chi connectivity index (χ4n) is 1.22. The Kier molecular flexibility index (Phi) is 3.05. The van der Waals surface area contributed by atoms with Crippen LogP contribution in [0.25, 0.3) is 11.3 Å². The third-order valence-electron chi connectivity index (χ3n) is 2.00. The van der Waals surface area contributed by atoms with Crippen LogP contribution in [0, 0.1) is 0 Å². The highest BCUT2D eigenvalue weighted by Gasteiger charge is 2.05. The zero-order chi connectivity index (χ0) is 11.5. The Balaban J connectivity index is 2.38. The van der Waals surface area contributed by atoms with Crippen LogP contribution in [0.3, 0.4) is 0 Å². The number of hydrogen-bond acceptors (Lipinski definition) is 4. The molecule has 0 N–H and O–H groups in total. The predicted molar refractivity (Wildman–Crippen MR) is 63.0 cm³/mol. The van der Waals surface area contributed by atoms with E-state index in [1.54, 1.807) is 6.20 Å². The van der Waals surface area contributed by atoms with Gasteiger partial charge in [0, 0.05) is 17.0 Å². The number of ketones is 1. The number of nitrogens with zero attached hydrogens (tertiary/aromatic N) is 3. The van der Waals surface area contributed by atoms with Crippen molar-refractivity contribution in [2.45, 2.75) is 6.92 Å². The van der Waals surface area contributed by atoms with Crippen LogP contribution in [0.5, 0.6) is 0 Å². The van der Waals surface area contributed by atoms with Gasteiger partial charge in [-0.1, -0.05) is 28.1 Å². The lowest BCUT2D eigenvalue weighted by atomic mass is 10.2. The van der Waals surface area contributed by atoms with E-state index in [1.165, 1.54) is 6.92 Å². The first kappa shape index (κ1) is 10.9. The van der Waals surface area contributed by atoms with Gasteiger partial charge < -0.3 is 0 Å². The summed E-state index contributed by atoms with van der Waals surface area (Å²) in [5.74, 6) is -0.0490. The van der Waals surface area contributed by atoms with Crippen LogP contribution in [0.1, 0.15) is 17.5 Å². The van der Waals surface area contributed by atoms with Crippen molar-refractivity contribution in [1.29, 1.82) is 0 Å². The maximum Gasteiger partial charge on any atom is 0.217 e. The van der Waals surface area contributed by atoms with Crippen LogP contribution in [-0.2, 0) is 0 Å². The molecule has 0 bridgehead atoms. The molecule has 0 fully saturated rings. The molecule has 0 aliphatic rings. The van der Waals surface area contributed by atoms with Gasteiger partial charge in [0.05, 0.1) is 6.20 Å². The van der Waals surface area contributed by atoms with Gasteiger partial charge in [-0.3, -0.25) is 4.79 Å². The Morgan fingerprint density at radius 2 is 2.12 bits per heavy atom. The van der Waals surface area contributed by atoms with Gasteiger partial charge in [-0.05, 0) is 12.1 Å². The summed E-state index contributed by atoms with van der Waals surface area (Å²) >= 11 is 3.37. The zero-order valence-corrected chi connectivity index (χ0v) is 10.1. The van der Waals surface area contributed by atoms with Crippen molar-refractivity contribution in [3.63, 3.8) is 0 Å².